The number of hydrogen-bond donors (Lipinski definition) is 2. The van der Waals surface area contributed by atoms with Crippen molar-refractivity contribution in [3.8, 4) is 5.69 Å². The molecule has 2 N–H and O–H groups in total. The van der Waals surface area contributed by atoms with Crippen LogP contribution in [0.4, 0.5) is 4.79 Å². The van der Waals surface area contributed by atoms with Crippen LogP contribution in [0.15, 0.2) is 53.1 Å². The fraction of sp³-hybridized carbons (Fsp3) is 0.391. The number of para-hydroxylation sites is 1. The number of aromatic nitrogens is 2. The van der Waals surface area contributed by atoms with E-state index in [2.05, 4.69) is 20.6 Å². The molecule has 1 aliphatic heterocycles. The summed E-state index contributed by atoms with van der Waals surface area (Å²) in [5.74, 6) is 0.896. The van der Waals surface area contributed by atoms with Gasteiger partial charge in [-0.2, -0.15) is 5.10 Å². The van der Waals surface area contributed by atoms with E-state index in [1.54, 1.807) is 6.26 Å². The van der Waals surface area contributed by atoms with E-state index in [1.165, 1.54) is 12.8 Å². The van der Waals surface area contributed by atoms with Gasteiger partial charge in [-0.25, -0.2) is 9.48 Å². The summed E-state index contributed by atoms with van der Waals surface area (Å²) in [7, 11) is 0. The van der Waals surface area contributed by atoms with Crippen LogP contribution >= 0.6 is 0 Å². The molecule has 0 bridgehead atoms. The molecule has 30 heavy (non-hydrogen) atoms. The van der Waals surface area contributed by atoms with Crippen molar-refractivity contribution < 1.29 is 9.21 Å². The summed E-state index contributed by atoms with van der Waals surface area (Å²) < 4.78 is 7.54. The number of carbonyl (C=O) groups excluding carboxylic acids is 1. The third-order valence-electron chi connectivity index (χ3n) is 5.78. The second kappa shape index (κ2) is 9.17. The van der Waals surface area contributed by atoms with E-state index in [0.717, 1.165) is 41.5 Å². The minimum Gasteiger partial charge on any atom is -0.468 e. The summed E-state index contributed by atoms with van der Waals surface area (Å²) in [4.78, 5) is 14.9. The van der Waals surface area contributed by atoms with Crippen LogP contribution in [0.2, 0.25) is 0 Å². The third-order valence-corrected chi connectivity index (χ3v) is 5.78. The topological polar surface area (TPSA) is 75.3 Å². The highest BCUT2D eigenvalue weighted by molar-refractivity contribution is 5.74. The molecule has 7 nitrogen and oxygen atoms in total. The molecule has 1 saturated heterocycles. The predicted molar refractivity (Wildman–Crippen MR) is 116 cm³/mol. The van der Waals surface area contributed by atoms with Crippen molar-refractivity contribution in [1.29, 1.82) is 0 Å². The Bertz CT molecular complexity index is 959. The molecule has 0 saturated carbocycles. The van der Waals surface area contributed by atoms with Gasteiger partial charge in [0, 0.05) is 24.3 Å². The predicted octanol–water partition coefficient (Wildman–Crippen LogP) is 3.72. The van der Waals surface area contributed by atoms with Gasteiger partial charge in [0.25, 0.3) is 0 Å². The summed E-state index contributed by atoms with van der Waals surface area (Å²) in [6.07, 6.45) is 4.06. The van der Waals surface area contributed by atoms with Gasteiger partial charge in [-0.15, -0.1) is 0 Å². The van der Waals surface area contributed by atoms with Crippen LogP contribution in [0.1, 0.15) is 41.6 Å². The van der Waals surface area contributed by atoms with Crippen LogP contribution in [0.3, 0.4) is 0 Å². The van der Waals surface area contributed by atoms with Crippen LogP contribution in [-0.4, -0.2) is 40.3 Å². The second-order valence-corrected chi connectivity index (χ2v) is 7.73. The van der Waals surface area contributed by atoms with Gasteiger partial charge in [-0.1, -0.05) is 18.2 Å². The molecule has 1 fully saturated rings. The summed E-state index contributed by atoms with van der Waals surface area (Å²) >= 11 is 0. The minimum atomic E-state index is -0.183. The summed E-state index contributed by atoms with van der Waals surface area (Å²) in [6.45, 7) is 7.02. The van der Waals surface area contributed by atoms with Gasteiger partial charge in [0.15, 0.2) is 0 Å². The number of furan rings is 1. The number of urea groups is 1. The Kier molecular flexibility index (Phi) is 6.18. The molecule has 1 atom stereocenters. The number of nitrogens with zero attached hydrogens (tertiary/aromatic N) is 3. The molecule has 1 aliphatic rings. The number of aryl methyl sites for hydroxylation is 1. The summed E-state index contributed by atoms with van der Waals surface area (Å²) in [6, 6.07) is 13.8. The van der Waals surface area contributed by atoms with Gasteiger partial charge in [-0.3, -0.25) is 4.90 Å². The molecule has 4 rings (SSSR count). The van der Waals surface area contributed by atoms with E-state index >= 15 is 0 Å². The molecule has 3 aromatic rings. The average Bonchev–Trinajstić information content (AvgIpc) is 3.51. The molecular formula is C23H29N5O2. The Balaban J connectivity index is 1.36. The van der Waals surface area contributed by atoms with E-state index in [0.29, 0.717) is 13.1 Å². The first-order valence-electron chi connectivity index (χ1n) is 10.5. The molecule has 0 aliphatic carbocycles. The van der Waals surface area contributed by atoms with E-state index < -0.39 is 0 Å². The van der Waals surface area contributed by atoms with Crippen molar-refractivity contribution in [3.63, 3.8) is 0 Å². The maximum absolute atomic E-state index is 12.5. The molecule has 7 heteroatoms. The number of hydrogen-bond acceptors (Lipinski definition) is 4. The smallest absolute Gasteiger partial charge is 0.315 e. The standard InChI is InChI=1S/C23H29N5O2/c1-17-20(18(2)28(26-17)19-9-4-3-5-10-19)15-24-23(29)25-16-21(22-11-8-14-30-22)27-12-6-7-13-27/h3-5,8-11,14,21H,6-7,12-13,15-16H2,1-2H3,(H2,24,25,29)/t21-/m0/s1. The first-order chi connectivity index (χ1) is 14.6. The lowest BCUT2D eigenvalue weighted by atomic mass is 10.2. The van der Waals surface area contributed by atoms with Crippen molar-refractivity contribution in [3.05, 3.63) is 71.4 Å². The number of carbonyl (C=O) groups is 1. The van der Waals surface area contributed by atoms with Crippen molar-refractivity contribution in [1.82, 2.24) is 25.3 Å². The van der Waals surface area contributed by atoms with Gasteiger partial charge in [0.1, 0.15) is 5.76 Å². The van der Waals surface area contributed by atoms with E-state index in [4.69, 9.17) is 4.42 Å². The first-order valence-corrected chi connectivity index (χ1v) is 10.5. The average molecular weight is 408 g/mol. The van der Waals surface area contributed by atoms with Crippen LogP contribution in [0.5, 0.6) is 0 Å². The van der Waals surface area contributed by atoms with E-state index in [1.807, 2.05) is 61.0 Å². The highest BCUT2D eigenvalue weighted by Gasteiger charge is 2.26. The highest BCUT2D eigenvalue weighted by Crippen LogP contribution is 2.25. The van der Waals surface area contributed by atoms with E-state index in [9.17, 15) is 4.79 Å². The maximum atomic E-state index is 12.5. The second-order valence-electron chi connectivity index (χ2n) is 7.73. The number of amides is 2. The van der Waals surface area contributed by atoms with Crippen molar-refractivity contribution >= 4 is 6.03 Å². The molecule has 158 valence electrons. The molecule has 2 aromatic heterocycles. The Morgan fingerprint density at radius 3 is 2.57 bits per heavy atom. The third kappa shape index (κ3) is 4.41. The van der Waals surface area contributed by atoms with Gasteiger partial charge in [0.05, 0.1) is 23.7 Å². The molecular weight excluding hydrogens is 378 g/mol. The summed E-state index contributed by atoms with van der Waals surface area (Å²) in [5, 5.41) is 10.6. The monoisotopic (exact) mass is 407 g/mol. The first kappa shape index (κ1) is 20.2. The fourth-order valence-electron chi connectivity index (χ4n) is 4.12. The van der Waals surface area contributed by atoms with E-state index in [-0.39, 0.29) is 12.1 Å². The van der Waals surface area contributed by atoms with Gasteiger partial charge >= 0.3 is 6.03 Å². The zero-order chi connectivity index (χ0) is 20.9. The number of nitrogens with one attached hydrogen (secondary N) is 2. The van der Waals surface area contributed by atoms with Crippen LogP contribution in [-0.2, 0) is 6.54 Å². The summed E-state index contributed by atoms with van der Waals surface area (Å²) in [5.41, 5.74) is 4.00. The lowest BCUT2D eigenvalue weighted by molar-refractivity contribution is 0.203. The zero-order valence-corrected chi connectivity index (χ0v) is 17.6. The zero-order valence-electron chi connectivity index (χ0n) is 17.6. The van der Waals surface area contributed by atoms with Crippen LogP contribution < -0.4 is 10.6 Å². The quantitative estimate of drug-likeness (QED) is 0.626. The number of benzene rings is 1. The molecule has 0 radical (unpaired) electrons. The molecule has 2 amide bonds. The van der Waals surface area contributed by atoms with Crippen LogP contribution in [0, 0.1) is 13.8 Å². The SMILES string of the molecule is Cc1nn(-c2ccccc2)c(C)c1CNC(=O)NC[C@@H](c1ccco1)N1CCCC1. The molecule has 0 unspecified atom stereocenters. The molecule has 1 aromatic carbocycles. The normalized spacial score (nSPS) is 15.3. The van der Waals surface area contributed by atoms with Crippen molar-refractivity contribution in [2.24, 2.45) is 0 Å². The number of likely N-dealkylation sites (tertiary alicyclic amines) is 1. The van der Waals surface area contributed by atoms with Gasteiger partial charge in [-0.05, 0) is 64.0 Å². The maximum Gasteiger partial charge on any atom is 0.315 e. The number of rotatable bonds is 7. The molecule has 0 spiro atoms. The Morgan fingerprint density at radius 1 is 1.10 bits per heavy atom. The van der Waals surface area contributed by atoms with Crippen molar-refractivity contribution in [2.75, 3.05) is 19.6 Å². The Hall–Kier alpha value is -3.06. The fourth-order valence-corrected chi connectivity index (χ4v) is 4.12. The lowest BCUT2D eigenvalue weighted by Crippen LogP contribution is -2.41. The largest absolute Gasteiger partial charge is 0.468 e. The minimum absolute atomic E-state index is 0.0672. The highest BCUT2D eigenvalue weighted by atomic mass is 16.3. The van der Waals surface area contributed by atoms with Crippen LogP contribution in [0.25, 0.3) is 5.69 Å². The van der Waals surface area contributed by atoms with Crippen molar-refractivity contribution in [2.45, 2.75) is 39.3 Å². The lowest BCUT2D eigenvalue weighted by Gasteiger charge is -2.26. The Labute approximate surface area is 177 Å². The van der Waals surface area contributed by atoms with Gasteiger partial charge < -0.3 is 15.1 Å². The molecule has 3 heterocycles. The Morgan fingerprint density at radius 2 is 1.87 bits per heavy atom. The van der Waals surface area contributed by atoms with Gasteiger partial charge in [0.2, 0.25) is 0 Å².